The van der Waals surface area contributed by atoms with Crippen LogP contribution in [0.2, 0.25) is 5.02 Å². The van der Waals surface area contributed by atoms with Crippen molar-refractivity contribution in [3.05, 3.63) is 29.3 Å². The zero-order chi connectivity index (χ0) is 14.7. The molecular weight excluding hydrogens is 292 g/mol. The summed E-state index contributed by atoms with van der Waals surface area (Å²) in [6.07, 6.45) is 1.89. The smallest absolute Gasteiger partial charge is 0.238 e. The number of benzene rings is 1. The number of hydrogen-bond donors (Lipinski definition) is 1. The lowest BCUT2D eigenvalue weighted by Gasteiger charge is -2.38. The van der Waals surface area contributed by atoms with Crippen molar-refractivity contribution >= 4 is 23.2 Å². The highest BCUT2D eigenvalue weighted by molar-refractivity contribution is 6.30. The summed E-state index contributed by atoms with van der Waals surface area (Å²) in [5, 5.41) is 3.53. The van der Waals surface area contributed by atoms with E-state index in [1.165, 1.54) is 0 Å². The molecule has 0 aromatic heterocycles. The fraction of sp³-hybridized carbons (Fsp3) is 0.533. The third-order valence-corrected chi connectivity index (χ3v) is 4.06. The summed E-state index contributed by atoms with van der Waals surface area (Å²) in [6, 6.07) is 7.10. The largest absolute Gasteiger partial charge is 0.346 e. The Labute approximate surface area is 129 Å². The van der Waals surface area contributed by atoms with E-state index in [0.717, 1.165) is 25.1 Å². The van der Waals surface area contributed by atoms with Gasteiger partial charge in [0.25, 0.3) is 0 Å². The van der Waals surface area contributed by atoms with Gasteiger partial charge in [-0.05, 0) is 37.2 Å². The van der Waals surface area contributed by atoms with Crippen molar-refractivity contribution < 1.29 is 14.3 Å². The molecular formula is C15H19ClN2O3. The Morgan fingerprint density at radius 1 is 1.29 bits per heavy atom. The molecule has 114 valence electrons. The molecule has 2 aliphatic rings. The number of nitrogens with zero attached hydrogens (tertiary/aromatic N) is 1. The second-order valence-corrected chi connectivity index (χ2v) is 5.91. The predicted molar refractivity (Wildman–Crippen MR) is 80.4 cm³/mol. The van der Waals surface area contributed by atoms with Crippen molar-refractivity contribution in [2.45, 2.75) is 18.6 Å². The molecule has 0 bridgehead atoms. The number of ether oxygens (including phenoxy) is 2. The molecule has 1 aromatic carbocycles. The Morgan fingerprint density at radius 3 is 2.71 bits per heavy atom. The first-order valence-corrected chi connectivity index (χ1v) is 7.59. The average molecular weight is 311 g/mol. The van der Waals surface area contributed by atoms with Gasteiger partial charge in [-0.25, -0.2) is 0 Å². The van der Waals surface area contributed by atoms with Gasteiger partial charge in [-0.15, -0.1) is 0 Å². The molecule has 2 aliphatic heterocycles. The number of carbonyl (C=O) groups excluding carboxylic acids is 1. The molecule has 1 amide bonds. The quantitative estimate of drug-likeness (QED) is 0.929. The van der Waals surface area contributed by atoms with E-state index in [9.17, 15) is 4.79 Å². The highest BCUT2D eigenvalue weighted by Crippen LogP contribution is 2.29. The standard InChI is InChI=1S/C15H19ClN2O3/c16-12-2-4-13(5-3-12)17-14(19)10-18-7-1-6-15(11-18)20-8-9-21-15/h2-5H,1,6-11H2,(H,17,19). The van der Waals surface area contributed by atoms with Crippen LogP contribution < -0.4 is 5.32 Å². The SMILES string of the molecule is O=C(CN1CCCC2(C1)OCCO2)Nc1ccc(Cl)cc1. The van der Waals surface area contributed by atoms with Crippen LogP contribution in [-0.4, -0.2) is 49.4 Å². The summed E-state index contributed by atoms with van der Waals surface area (Å²) in [5.74, 6) is -0.522. The molecule has 0 radical (unpaired) electrons. The number of carbonyl (C=O) groups is 1. The van der Waals surface area contributed by atoms with E-state index >= 15 is 0 Å². The van der Waals surface area contributed by atoms with Gasteiger partial charge in [0, 0.05) is 17.1 Å². The van der Waals surface area contributed by atoms with Crippen molar-refractivity contribution in [2.24, 2.45) is 0 Å². The maximum Gasteiger partial charge on any atom is 0.238 e. The summed E-state index contributed by atoms with van der Waals surface area (Å²) in [4.78, 5) is 14.2. The van der Waals surface area contributed by atoms with Crippen LogP contribution in [0.3, 0.4) is 0 Å². The lowest BCUT2D eigenvalue weighted by Crippen LogP contribution is -2.50. The number of amides is 1. The second kappa shape index (κ2) is 6.32. The van der Waals surface area contributed by atoms with Crippen molar-refractivity contribution in [1.82, 2.24) is 4.90 Å². The van der Waals surface area contributed by atoms with E-state index in [1.807, 2.05) is 0 Å². The molecule has 1 aromatic rings. The van der Waals surface area contributed by atoms with Crippen molar-refractivity contribution in [3.63, 3.8) is 0 Å². The Morgan fingerprint density at radius 2 is 2.00 bits per heavy atom. The number of anilines is 1. The van der Waals surface area contributed by atoms with Crippen molar-refractivity contribution in [3.8, 4) is 0 Å². The van der Waals surface area contributed by atoms with Crippen LogP contribution >= 0.6 is 11.6 Å². The first-order chi connectivity index (χ1) is 10.2. The Kier molecular flexibility index (Phi) is 4.45. The molecule has 1 N–H and O–H groups in total. The topological polar surface area (TPSA) is 50.8 Å². The second-order valence-electron chi connectivity index (χ2n) is 5.48. The molecule has 2 heterocycles. The van der Waals surface area contributed by atoms with Crippen LogP contribution in [0.5, 0.6) is 0 Å². The van der Waals surface area contributed by atoms with Crippen LogP contribution in [0.25, 0.3) is 0 Å². The molecule has 0 saturated carbocycles. The van der Waals surface area contributed by atoms with E-state index < -0.39 is 5.79 Å². The summed E-state index contributed by atoms with van der Waals surface area (Å²) in [7, 11) is 0. The van der Waals surface area contributed by atoms with Crippen LogP contribution in [-0.2, 0) is 14.3 Å². The molecule has 3 rings (SSSR count). The van der Waals surface area contributed by atoms with Gasteiger partial charge in [-0.2, -0.15) is 0 Å². The molecule has 0 atom stereocenters. The van der Waals surface area contributed by atoms with Crippen LogP contribution in [0.4, 0.5) is 5.69 Å². The molecule has 6 heteroatoms. The van der Waals surface area contributed by atoms with Gasteiger partial charge < -0.3 is 14.8 Å². The van der Waals surface area contributed by atoms with Crippen molar-refractivity contribution in [2.75, 3.05) is 38.2 Å². The zero-order valence-electron chi connectivity index (χ0n) is 11.8. The minimum absolute atomic E-state index is 0.0348. The molecule has 5 nitrogen and oxygen atoms in total. The van der Waals surface area contributed by atoms with Gasteiger partial charge in [-0.1, -0.05) is 11.6 Å². The average Bonchev–Trinajstić information content (AvgIpc) is 2.89. The summed E-state index contributed by atoms with van der Waals surface area (Å²) in [6.45, 7) is 3.18. The molecule has 21 heavy (non-hydrogen) atoms. The van der Waals surface area contributed by atoms with Gasteiger partial charge in [0.05, 0.1) is 26.3 Å². The van der Waals surface area contributed by atoms with E-state index in [1.54, 1.807) is 24.3 Å². The number of likely N-dealkylation sites (tertiary alicyclic amines) is 1. The normalized spacial score (nSPS) is 21.6. The predicted octanol–water partition coefficient (Wildman–Crippen LogP) is 2.12. The molecule has 0 aliphatic carbocycles. The number of rotatable bonds is 3. The van der Waals surface area contributed by atoms with Crippen LogP contribution in [0, 0.1) is 0 Å². The highest BCUT2D eigenvalue weighted by Gasteiger charge is 2.40. The maximum atomic E-state index is 12.1. The lowest BCUT2D eigenvalue weighted by atomic mass is 10.0. The number of nitrogens with one attached hydrogen (secondary N) is 1. The maximum absolute atomic E-state index is 12.1. The highest BCUT2D eigenvalue weighted by atomic mass is 35.5. The fourth-order valence-electron chi connectivity index (χ4n) is 2.88. The Hall–Kier alpha value is -1.14. The number of halogens is 1. The lowest BCUT2D eigenvalue weighted by molar-refractivity contribution is -0.189. The minimum Gasteiger partial charge on any atom is -0.346 e. The number of piperidine rings is 1. The Balaban J connectivity index is 1.53. The fourth-order valence-corrected chi connectivity index (χ4v) is 3.00. The van der Waals surface area contributed by atoms with Gasteiger partial charge in [0.2, 0.25) is 5.91 Å². The zero-order valence-corrected chi connectivity index (χ0v) is 12.6. The molecule has 1 spiro atoms. The van der Waals surface area contributed by atoms with Gasteiger partial charge >= 0.3 is 0 Å². The monoisotopic (exact) mass is 310 g/mol. The van der Waals surface area contributed by atoms with E-state index in [2.05, 4.69) is 10.2 Å². The Bertz CT molecular complexity index is 500. The van der Waals surface area contributed by atoms with E-state index in [-0.39, 0.29) is 5.91 Å². The first kappa shape index (κ1) is 14.8. The number of hydrogen-bond acceptors (Lipinski definition) is 4. The third kappa shape index (κ3) is 3.74. The molecule has 0 unspecified atom stereocenters. The van der Waals surface area contributed by atoms with E-state index in [0.29, 0.717) is 31.3 Å². The van der Waals surface area contributed by atoms with Crippen LogP contribution in [0.1, 0.15) is 12.8 Å². The van der Waals surface area contributed by atoms with Gasteiger partial charge in [0.15, 0.2) is 5.79 Å². The van der Waals surface area contributed by atoms with Gasteiger partial charge in [0.1, 0.15) is 0 Å². The summed E-state index contributed by atoms with van der Waals surface area (Å²) >= 11 is 5.82. The van der Waals surface area contributed by atoms with Crippen molar-refractivity contribution in [1.29, 1.82) is 0 Å². The van der Waals surface area contributed by atoms with E-state index in [4.69, 9.17) is 21.1 Å². The molecule has 2 saturated heterocycles. The van der Waals surface area contributed by atoms with Crippen LogP contribution in [0.15, 0.2) is 24.3 Å². The molecule has 2 fully saturated rings. The van der Waals surface area contributed by atoms with Gasteiger partial charge in [-0.3, -0.25) is 9.69 Å². The summed E-state index contributed by atoms with van der Waals surface area (Å²) < 4.78 is 11.4. The minimum atomic E-state index is -0.487. The first-order valence-electron chi connectivity index (χ1n) is 7.21. The summed E-state index contributed by atoms with van der Waals surface area (Å²) in [5.41, 5.74) is 0.754. The third-order valence-electron chi connectivity index (χ3n) is 3.81.